The summed E-state index contributed by atoms with van der Waals surface area (Å²) in [6, 6.07) is 25.7. The number of ether oxygens (including phenoxy) is 2. The van der Waals surface area contributed by atoms with Gasteiger partial charge in [-0.3, -0.25) is 4.79 Å². The number of carbonyl (C=O) groups excluding carboxylic acids is 1. The molecule has 190 valence electrons. The van der Waals surface area contributed by atoms with Crippen LogP contribution in [0.1, 0.15) is 41.9 Å². The Morgan fingerprint density at radius 3 is 2.49 bits per heavy atom. The van der Waals surface area contributed by atoms with Crippen LogP contribution in [0.25, 0.3) is 16.9 Å². The van der Waals surface area contributed by atoms with Crippen molar-refractivity contribution in [1.29, 1.82) is 0 Å². The predicted octanol–water partition coefficient (Wildman–Crippen LogP) is 7.01. The van der Waals surface area contributed by atoms with Gasteiger partial charge in [0.15, 0.2) is 11.5 Å². The van der Waals surface area contributed by atoms with Gasteiger partial charge >= 0.3 is 0 Å². The maximum atomic E-state index is 12.7. The minimum atomic E-state index is -0.284. The number of hydrogen-bond acceptors (Lipinski definition) is 4. The Morgan fingerprint density at radius 1 is 1.08 bits per heavy atom. The zero-order valence-corrected chi connectivity index (χ0v) is 23.5. The van der Waals surface area contributed by atoms with E-state index in [0.29, 0.717) is 17.1 Å². The molecule has 7 heteroatoms. The first-order valence-corrected chi connectivity index (χ1v) is 13.2. The summed E-state index contributed by atoms with van der Waals surface area (Å²) in [6.45, 7) is 6.17. The Bertz CT molecular complexity index is 1400. The van der Waals surface area contributed by atoms with Crippen molar-refractivity contribution in [3.63, 3.8) is 0 Å². The Hall–Kier alpha value is -3.59. The smallest absolute Gasteiger partial charge is 0.271 e. The lowest BCUT2D eigenvalue weighted by atomic mass is 10.1. The number of benzene rings is 3. The third-order valence-corrected chi connectivity index (χ3v) is 6.86. The first-order valence-electron chi connectivity index (χ1n) is 12.1. The van der Waals surface area contributed by atoms with E-state index < -0.39 is 0 Å². The first kappa shape index (κ1) is 26.5. The van der Waals surface area contributed by atoms with Gasteiger partial charge in [-0.25, -0.2) is 5.43 Å². The molecular formula is C30H30IN3O3. The highest BCUT2D eigenvalue weighted by atomic mass is 127. The van der Waals surface area contributed by atoms with Crippen molar-refractivity contribution in [3.05, 3.63) is 99.3 Å². The lowest BCUT2D eigenvalue weighted by Gasteiger charge is -2.17. The highest BCUT2D eigenvalue weighted by Gasteiger charge is 2.14. The molecule has 1 atom stereocenters. The second-order valence-electron chi connectivity index (χ2n) is 8.68. The number of amides is 1. The van der Waals surface area contributed by atoms with E-state index in [-0.39, 0.29) is 12.0 Å². The predicted molar refractivity (Wildman–Crippen MR) is 157 cm³/mol. The van der Waals surface area contributed by atoms with Crippen molar-refractivity contribution in [3.8, 4) is 28.4 Å². The average molecular weight is 607 g/mol. The minimum absolute atomic E-state index is 0.0824. The van der Waals surface area contributed by atoms with Gasteiger partial charge in [0.05, 0.1) is 28.7 Å². The van der Waals surface area contributed by atoms with Crippen molar-refractivity contribution in [1.82, 2.24) is 9.99 Å². The lowest BCUT2D eigenvalue weighted by molar-refractivity contribution is 0.0955. The number of nitrogens with zero attached hydrogens (tertiary/aromatic N) is 2. The minimum Gasteiger partial charge on any atom is -0.493 e. The van der Waals surface area contributed by atoms with Crippen molar-refractivity contribution in [2.75, 3.05) is 7.11 Å². The molecule has 0 aliphatic heterocycles. The molecule has 0 saturated carbocycles. The molecule has 37 heavy (non-hydrogen) atoms. The van der Waals surface area contributed by atoms with Crippen molar-refractivity contribution in [2.45, 2.75) is 33.3 Å². The van der Waals surface area contributed by atoms with E-state index in [1.54, 1.807) is 25.5 Å². The monoisotopic (exact) mass is 607 g/mol. The Morgan fingerprint density at radius 2 is 1.81 bits per heavy atom. The van der Waals surface area contributed by atoms with Gasteiger partial charge in [-0.1, -0.05) is 37.3 Å². The van der Waals surface area contributed by atoms with Crippen molar-refractivity contribution in [2.24, 2.45) is 5.10 Å². The third kappa shape index (κ3) is 6.22. The highest BCUT2D eigenvalue weighted by Crippen LogP contribution is 2.34. The molecule has 0 saturated heterocycles. The third-order valence-electron chi connectivity index (χ3n) is 6.06. The quantitative estimate of drug-likeness (QED) is 0.127. The summed E-state index contributed by atoms with van der Waals surface area (Å²) in [7, 11) is 1.61. The number of hydrazone groups is 1. The molecule has 4 aromatic rings. The molecule has 1 heterocycles. The molecule has 3 aromatic carbocycles. The van der Waals surface area contributed by atoms with Gasteiger partial charge in [0.2, 0.25) is 0 Å². The van der Waals surface area contributed by atoms with Crippen LogP contribution in [-0.4, -0.2) is 29.9 Å². The molecule has 4 rings (SSSR count). The fraction of sp³-hybridized carbons (Fsp3) is 0.200. The number of aryl methyl sites for hydroxylation is 1. The molecule has 1 aromatic heterocycles. The second kappa shape index (κ2) is 12.1. The van der Waals surface area contributed by atoms with Gasteiger partial charge in [0.25, 0.3) is 5.91 Å². The molecule has 1 amide bonds. The van der Waals surface area contributed by atoms with Crippen LogP contribution in [0.4, 0.5) is 0 Å². The van der Waals surface area contributed by atoms with E-state index in [1.165, 1.54) is 0 Å². The van der Waals surface area contributed by atoms with E-state index in [0.717, 1.165) is 38.2 Å². The zero-order chi connectivity index (χ0) is 26.4. The van der Waals surface area contributed by atoms with Gasteiger partial charge in [-0.15, -0.1) is 0 Å². The first-order chi connectivity index (χ1) is 17.9. The molecule has 1 N–H and O–H groups in total. The van der Waals surface area contributed by atoms with E-state index in [1.807, 2.05) is 49.4 Å². The standard InChI is InChI=1S/C30H30IN3O3/c1-5-21(3)37-29-26(31)17-22(18-28(29)36-4)19-32-33-30(35)24-12-14-25(15-13-24)34-20(2)11-16-27(34)23-9-7-6-8-10-23/h6-19,21H,5H2,1-4H3,(H,33,35)/b32-19+/t21-/m1/s1. The van der Waals surface area contributed by atoms with Crippen molar-refractivity contribution < 1.29 is 14.3 Å². The number of aromatic nitrogens is 1. The Labute approximate surface area is 231 Å². The fourth-order valence-corrected chi connectivity index (χ4v) is 4.67. The largest absolute Gasteiger partial charge is 0.493 e. The zero-order valence-electron chi connectivity index (χ0n) is 21.4. The molecule has 0 unspecified atom stereocenters. The van der Waals surface area contributed by atoms with E-state index in [2.05, 4.69) is 75.8 Å². The summed E-state index contributed by atoms with van der Waals surface area (Å²) in [6.07, 6.45) is 2.58. The second-order valence-corrected chi connectivity index (χ2v) is 9.84. The fourth-order valence-electron chi connectivity index (χ4n) is 3.92. The number of halogens is 1. The highest BCUT2D eigenvalue weighted by molar-refractivity contribution is 14.1. The Balaban J connectivity index is 1.47. The van der Waals surface area contributed by atoms with Crippen LogP contribution in [0.2, 0.25) is 0 Å². The maximum absolute atomic E-state index is 12.7. The molecule has 0 spiro atoms. The van der Waals surface area contributed by atoms with Gasteiger partial charge in [-0.2, -0.15) is 5.10 Å². The van der Waals surface area contributed by atoms with E-state index in [4.69, 9.17) is 9.47 Å². The summed E-state index contributed by atoms with van der Waals surface area (Å²) < 4.78 is 14.6. The summed E-state index contributed by atoms with van der Waals surface area (Å²) in [5.74, 6) is 1.06. The van der Waals surface area contributed by atoms with Crippen LogP contribution in [0.15, 0.2) is 84.0 Å². The SMILES string of the molecule is CC[C@@H](C)Oc1c(I)cc(/C=N/NC(=O)c2ccc(-n3c(C)ccc3-c3ccccc3)cc2)cc1OC. The summed E-state index contributed by atoms with van der Waals surface area (Å²) in [4.78, 5) is 12.7. The number of carbonyl (C=O) groups is 1. The summed E-state index contributed by atoms with van der Waals surface area (Å²) >= 11 is 2.22. The van der Waals surface area contributed by atoms with Gasteiger partial charge in [0, 0.05) is 16.9 Å². The number of rotatable bonds is 9. The van der Waals surface area contributed by atoms with Gasteiger partial charge in [0.1, 0.15) is 0 Å². The Kier molecular flexibility index (Phi) is 8.66. The van der Waals surface area contributed by atoms with Gasteiger partial charge in [-0.05, 0) is 103 Å². The summed E-state index contributed by atoms with van der Waals surface area (Å²) in [5, 5.41) is 4.15. The molecule has 0 bridgehead atoms. The lowest BCUT2D eigenvalue weighted by Crippen LogP contribution is -2.17. The number of methoxy groups -OCH3 is 1. The topological polar surface area (TPSA) is 64.8 Å². The van der Waals surface area contributed by atoms with Crippen LogP contribution in [0.5, 0.6) is 11.5 Å². The maximum Gasteiger partial charge on any atom is 0.271 e. The molecule has 0 fully saturated rings. The average Bonchev–Trinajstić information content (AvgIpc) is 3.31. The van der Waals surface area contributed by atoms with E-state index in [9.17, 15) is 4.79 Å². The number of hydrogen-bond donors (Lipinski definition) is 1. The molecule has 0 aliphatic rings. The van der Waals surface area contributed by atoms with Crippen LogP contribution in [0.3, 0.4) is 0 Å². The van der Waals surface area contributed by atoms with E-state index >= 15 is 0 Å². The molecule has 0 aliphatic carbocycles. The summed E-state index contributed by atoms with van der Waals surface area (Å²) in [5.41, 5.74) is 8.28. The van der Waals surface area contributed by atoms with Crippen molar-refractivity contribution >= 4 is 34.7 Å². The molecular weight excluding hydrogens is 577 g/mol. The molecule has 0 radical (unpaired) electrons. The number of nitrogens with one attached hydrogen (secondary N) is 1. The normalized spacial score (nSPS) is 11.9. The van der Waals surface area contributed by atoms with Crippen LogP contribution < -0.4 is 14.9 Å². The van der Waals surface area contributed by atoms with Gasteiger partial charge < -0.3 is 14.0 Å². The molecule has 6 nitrogen and oxygen atoms in total. The van der Waals surface area contributed by atoms with Crippen LogP contribution >= 0.6 is 22.6 Å². The van der Waals surface area contributed by atoms with Crippen LogP contribution in [0, 0.1) is 10.5 Å². The van der Waals surface area contributed by atoms with Crippen LogP contribution in [-0.2, 0) is 0 Å².